The molecule has 2 aromatic carbocycles. The summed E-state index contributed by atoms with van der Waals surface area (Å²) in [7, 11) is 0. The van der Waals surface area contributed by atoms with E-state index in [-0.39, 0.29) is 11.4 Å². The van der Waals surface area contributed by atoms with Gasteiger partial charge in [-0.05, 0) is 49.2 Å². The highest BCUT2D eigenvalue weighted by Gasteiger charge is 2.05. The van der Waals surface area contributed by atoms with Gasteiger partial charge in [0.15, 0.2) is 0 Å². The number of benzene rings is 2. The summed E-state index contributed by atoms with van der Waals surface area (Å²) in [4.78, 5) is 9.69. The molecule has 0 amide bonds. The van der Waals surface area contributed by atoms with Crippen molar-refractivity contribution in [3.05, 3.63) is 57.6 Å². The van der Waals surface area contributed by atoms with E-state index in [0.29, 0.717) is 17.0 Å². The molecular weight excluding hydrogens is 260 g/mol. The van der Waals surface area contributed by atoms with Gasteiger partial charge in [0.25, 0.3) is 5.69 Å². The molecule has 0 radical (unpaired) electrons. The van der Waals surface area contributed by atoms with Crippen molar-refractivity contribution in [2.24, 2.45) is 0 Å². The fourth-order valence-electron chi connectivity index (χ4n) is 1.43. The molecule has 0 aromatic heterocycles. The molecule has 0 aliphatic rings. The fourth-order valence-corrected chi connectivity index (χ4v) is 1.43. The second-order valence-corrected chi connectivity index (χ2v) is 4.27. The normalized spacial score (nSPS) is 9.50. The van der Waals surface area contributed by atoms with Crippen LogP contribution in [0.1, 0.15) is 11.1 Å². The quantitative estimate of drug-likeness (QED) is 0.321. The molecule has 0 aliphatic carbocycles. The molecule has 2 aromatic rings. The number of phenolic OH excluding ortho intramolecular Hbond substituents is 2. The van der Waals surface area contributed by atoms with Crippen molar-refractivity contribution in [2.75, 3.05) is 5.73 Å². The van der Waals surface area contributed by atoms with Crippen LogP contribution in [0.5, 0.6) is 11.5 Å². The van der Waals surface area contributed by atoms with Gasteiger partial charge in [-0.2, -0.15) is 0 Å². The number of hydrogen-bond acceptors (Lipinski definition) is 5. The summed E-state index contributed by atoms with van der Waals surface area (Å²) in [5.74, 6) is 0.375. The topological polar surface area (TPSA) is 110 Å². The van der Waals surface area contributed by atoms with Gasteiger partial charge in [-0.15, -0.1) is 0 Å². The molecule has 0 fully saturated rings. The number of nitro benzene ring substituents is 1. The maximum absolute atomic E-state index is 10.2. The first-order chi connectivity index (χ1) is 9.31. The molecule has 0 atom stereocenters. The molecule has 6 heteroatoms. The zero-order chi connectivity index (χ0) is 15.3. The van der Waals surface area contributed by atoms with Gasteiger partial charge in [0, 0.05) is 17.8 Å². The molecule has 6 nitrogen and oxygen atoms in total. The first-order valence-electron chi connectivity index (χ1n) is 5.80. The van der Waals surface area contributed by atoms with Crippen LogP contribution in [0.15, 0.2) is 36.4 Å². The smallest absolute Gasteiger partial charge is 0.269 e. The number of aromatic hydroxyl groups is 2. The third-order valence-corrected chi connectivity index (χ3v) is 2.61. The molecule has 106 valence electrons. The lowest BCUT2D eigenvalue weighted by Crippen LogP contribution is -1.87. The molecule has 0 bridgehead atoms. The molecule has 0 saturated heterocycles. The molecule has 0 spiro atoms. The average Bonchev–Trinajstić information content (AvgIpc) is 2.38. The van der Waals surface area contributed by atoms with Crippen molar-refractivity contribution in [1.29, 1.82) is 0 Å². The number of phenols is 2. The molecule has 0 saturated carbocycles. The second-order valence-electron chi connectivity index (χ2n) is 4.27. The Morgan fingerprint density at radius 1 is 1.00 bits per heavy atom. The van der Waals surface area contributed by atoms with Gasteiger partial charge in [-0.3, -0.25) is 10.1 Å². The number of non-ortho nitro benzene ring substituents is 1. The van der Waals surface area contributed by atoms with Crippen LogP contribution < -0.4 is 5.73 Å². The van der Waals surface area contributed by atoms with Crippen LogP contribution in [0.25, 0.3) is 0 Å². The molecule has 0 heterocycles. The van der Waals surface area contributed by atoms with E-state index >= 15 is 0 Å². The lowest BCUT2D eigenvalue weighted by atomic mass is 10.2. The van der Waals surface area contributed by atoms with Crippen LogP contribution in [-0.2, 0) is 0 Å². The molecule has 4 N–H and O–H groups in total. The summed E-state index contributed by atoms with van der Waals surface area (Å²) >= 11 is 0. The Morgan fingerprint density at radius 3 is 1.90 bits per heavy atom. The molecule has 0 aliphatic heterocycles. The first-order valence-corrected chi connectivity index (χ1v) is 5.80. The van der Waals surface area contributed by atoms with Crippen molar-refractivity contribution in [3.63, 3.8) is 0 Å². The van der Waals surface area contributed by atoms with Crippen LogP contribution in [-0.4, -0.2) is 15.1 Å². The van der Waals surface area contributed by atoms with Crippen LogP contribution in [0.2, 0.25) is 0 Å². The predicted molar refractivity (Wildman–Crippen MR) is 76.8 cm³/mol. The highest BCUT2D eigenvalue weighted by molar-refractivity contribution is 5.46. The number of anilines is 1. The van der Waals surface area contributed by atoms with E-state index in [4.69, 9.17) is 15.9 Å². The standard InChI is InChI=1S/C7H7NO3.C7H9NO/c1-5-4-6(8(10)11)2-3-7(5)9;1-5-4-6(8)2-3-7(5)9/h2-4,9H,1H3;2-4,9H,8H2,1H3. The SMILES string of the molecule is Cc1cc(N)ccc1O.Cc1cc([N+](=O)[O-])ccc1O. The second kappa shape index (κ2) is 6.42. The Bertz CT molecular complexity index is 627. The number of nitrogens with zero attached hydrogens (tertiary/aromatic N) is 1. The summed E-state index contributed by atoms with van der Waals surface area (Å²) in [6.07, 6.45) is 0. The minimum atomic E-state index is -0.494. The third-order valence-electron chi connectivity index (χ3n) is 2.61. The lowest BCUT2D eigenvalue weighted by Gasteiger charge is -1.97. The van der Waals surface area contributed by atoms with Gasteiger partial charge in [0.2, 0.25) is 0 Å². The number of aryl methyl sites for hydroxylation is 2. The van der Waals surface area contributed by atoms with E-state index < -0.39 is 4.92 Å². The third kappa shape index (κ3) is 4.16. The molecule has 20 heavy (non-hydrogen) atoms. The van der Waals surface area contributed by atoms with E-state index in [2.05, 4.69) is 0 Å². The summed E-state index contributed by atoms with van der Waals surface area (Å²) in [5, 5.41) is 28.2. The maximum atomic E-state index is 10.2. The Kier molecular flexibility index (Phi) is 4.91. The number of nitrogen functional groups attached to an aromatic ring is 1. The molecule has 0 unspecified atom stereocenters. The number of nitrogens with two attached hydrogens (primary N) is 1. The van der Waals surface area contributed by atoms with Crippen molar-refractivity contribution < 1.29 is 15.1 Å². The van der Waals surface area contributed by atoms with Crippen molar-refractivity contribution in [1.82, 2.24) is 0 Å². The van der Waals surface area contributed by atoms with Gasteiger partial charge in [0.1, 0.15) is 11.5 Å². The molecular formula is C14H16N2O4. The van der Waals surface area contributed by atoms with E-state index in [9.17, 15) is 10.1 Å². The predicted octanol–water partition coefficient (Wildman–Crippen LogP) is 2.89. The van der Waals surface area contributed by atoms with E-state index in [0.717, 1.165) is 5.56 Å². The maximum Gasteiger partial charge on any atom is 0.269 e. The Labute approximate surface area is 116 Å². The van der Waals surface area contributed by atoms with Gasteiger partial charge in [-0.25, -0.2) is 0 Å². The number of rotatable bonds is 1. The first kappa shape index (κ1) is 15.3. The van der Waals surface area contributed by atoms with Crippen LogP contribution in [0, 0.1) is 24.0 Å². The zero-order valence-electron chi connectivity index (χ0n) is 11.2. The van der Waals surface area contributed by atoms with Crippen molar-refractivity contribution in [2.45, 2.75) is 13.8 Å². The van der Waals surface area contributed by atoms with Gasteiger partial charge in [0.05, 0.1) is 4.92 Å². The molecule has 2 rings (SSSR count). The summed E-state index contributed by atoms with van der Waals surface area (Å²) in [6.45, 7) is 3.42. The number of hydrogen-bond donors (Lipinski definition) is 3. The van der Waals surface area contributed by atoms with E-state index in [1.165, 1.54) is 18.2 Å². The van der Waals surface area contributed by atoms with Crippen LogP contribution >= 0.6 is 0 Å². The highest BCUT2D eigenvalue weighted by Crippen LogP contribution is 2.21. The van der Waals surface area contributed by atoms with Crippen LogP contribution in [0.4, 0.5) is 11.4 Å². The lowest BCUT2D eigenvalue weighted by molar-refractivity contribution is -0.384. The van der Waals surface area contributed by atoms with Gasteiger partial charge >= 0.3 is 0 Å². The minimum absolute atomic E-state index is 0.000278. The fraction of sp³-hybridized carbons (Fsp3) is 0.143. The summed E-state index contributed by atoms with van der Waals surface area (Å²) in [6, 6.07) is 8.90. The Morgan fingerprint density at radius 2 is 1.50 bits per heavy atom. The highest BCUT2D eigenvalue weighted by atomic mass is 16.6. The summed E-state index contributed by atoms with van der Waals surface area (Å²) in [5.41, 5.74) is 7.43. The summed E-state index contributed by atoms with van der Waals surface area (Å²) < 4.78 is 0. The van der Waals surface area contributed by atoms with E-state index in [1.54, 1.807) is 25.1 Å². The van der Waals surface area contributed by atoms with Gasteiger partial charge in [-0.1, -0.05) is 0 Å². The largest absolute Gasteiger partial charge is 0.508 e. The van der Waals surface area contributed by atoms with Crippen molar-refractivity contribution in [3.8, 4) is 11.5 Å². The Hall–Kier alpha value is -2.76. The Balaban J connectivity index is 0.000000204. The monoisotopic (exact) mass is 276 g/mol. The van der Waals surface area contributed by atoms with E-state index in [1.807, 2.05) is 6.92 Å². The van der Waals surface area contributed by atoms with Crippen LogP contribution in [0.3, 0.4) is 0 Å². The van der Waals surface area contributed by atoms with Crippen molar-refractivity contribution >= 4 is 11.4 Å². The number of nitro groups is 1. The minimum Gasteiger partial charge on any atom is -0.508 e. The zero-order valence-corrected chi connectivity index (χ0v) is 11.2. The average molecular weight is 276 g/mol. The van der Waals surface area contributed by atoms with Gasteiger partial charge < -0.3 is 15.9 Å².